The highest BCUT2D eigenvalue weighted by molar-refractivity contribution is 7.11. The van der Waals surface area contributed by atoms with E-state index >= 15 is 0 Å². The minimum absolute atomic E-state index is 0.765. The van der Waals surface area contributed by atoms with Crippen LogP contribution in [-0.4, -0.2) is 31.3 Å². The first-order valence-corrected chi connectivity index (χ1v) is 7.87. The molecule has 0 aromatic carbocycles. The molecule has 3 aromatic heterocycles. The lowest BCUT2D eigenvalue weighted by Crippen LogP contribution is -2.08. The summed E-state index contributed by atoms with van der Waals surface area (Å²) in [5.74, 6) is 1.62. The van der Waals surface area contributed by atoms with Gasteiger partial charge in [0.2, 0.25) is 0 Å². The second-order valence-corrected chi connectivity index (χ2v) is 6.16. The van der Waals surface area contributed by atoms with Crippen molar-refractivity contribution >= 4 is 22.8 Å². The molecule has 0 saturated carbocycles. The molecule has 1 N–H and O–H groups in total. The first kappa shape index (κ1) is 13.9. The minimum atomic E-state index is 0.765. The van der Waals surface area contributed by atoms with Crippen LogP contribution in [-0.2, 0) is 12.8 Å². The van der Waals surface area contributed by atoms with Crippen molar-refractivity contribution in [2.24, 2.45) is 0 Å². The highest BCUT2D eigenvalue weighted by Crippen LogP contribution is 2.18. The van der Waals surface area contributed by atoms with Crippen LogP contribution < -0.4 is 5.32 Å². The zero-order valence-electron chi connectivity index (χ0n) is 12.4. The Hall–Kier alpha value is -2.02. The molecule has 7 heteroatoms. The summed E-state index contributed by atoms with van der Waals surface area (Å²) >= 11 is 1.78. The quantitative estimate of drug-likeness (QED) is 0.784. The van der Waals surface area contributed by atoms with Crippen LogP contribution >= 0.6 is 11.3 Å². The van der Waals surface area contributed by atoms with Crippen LogP contribution in [0, 0.1) is 13.8 Å². The van der Waals surface area contributed by atoms with Gasteiger partial charge in [-0.15, -0.1) is 26.6 Å². The fourth-order valence-electron chi connectivity index (χ4n) is 2.21. The second-order valence-electron chi connectivity index (χ2n) is 4.88. The Morgan fingerprint density at radius 3 is 2.86 bits per heavy atom. The van der Waals surface area contributed by atoms with Gasteiger partial charge in [0.25, 0.3) is 0 Å². The van der Waals surface area contributed by atoms with Crippen LogP contribution in [0.4, 0.5) is 5.82 Å². The zero-order chi connectivity index (χ0) is 14.8. The Morgan fingerprint density at radius 2 is 2.10 bits per heavy atom. The number of nitrogens with zero attached hydrogens (tertiary/aromatic N) is 5. The van der Waals surface area contributed by atoms with Gasteiger partial charge in [0.1, 0.15) is 5.82 Å². The first-order valence-electron chi connectivity index (χ1n) is 7.05. The van der Waals surface area contributed by atoms with E-state index in [1.165, 1.54) is 15.6 Å². The number of aromatic nitrogens is 5. The average molecular weight is 302 g/mol. The van der Waals surface area contributed by atoms with E-state index in [1.54, 1.807) is 15.9 Å². The summed E-state index contributed by atoms with van der Waals surface area (Å²) in [6.07, 6.45) is 1.91. The highest BCUT2D eigenvalue weighted by atomic mass is 32.1. The number of hydrogen-bond donors (Lipinski definition) is 1. The van der Waals surface area contributed by atoms with E-state index in [-0.39, 0.29) is 0 Å². The van der Waals surface area contributed by atoms with E-state index in [0.29, 0.717) is 0 Å². The smallest absolute Gasteiger partial charge is 0.178 e. The van der Waals surface area contributed by atoms with E-state index in [2.05, 4.69) is 39.4 Å². The molecule has 0 unspecified atom stereocenters. The zero-order valence-corrected chi connectivity index (χ0v) is 13.2. The number of fused-ring (bicyclic) bond motifs is 1. The number of rotatable bonds is 5. The molecule has 0 saturated heterocycles. The number of nitrogens with one attached hydrogen (secondary N) is 1. The fourth-order valence-corrected chi connectivity index (χ4v) is 3.23. The van der Waals surface area contributed by atoms with Crippen molar-refractivity contribution in [2.45, 2.75) is 33.6 Å². The van der Waals surface area contributed by atoms with Gasteiger partial charge in [0.15, 0.2) is 11.5 Å². The van der Waals surface area contributed by atoms with Gasteiger partial charge in [-0.05, 0) is 32.4 Å². The van der Waals surface area contributed by atoms with Crippen molar-refractivity contribution < 1.29 is 0 Å². The average Bonchev–Trinajstić information content (AvgIpc) is 3.02. The summed E-state index contributed by atoms with van der Waals surface area (Å²) in [7, 11) is 0. The fraction of sp³-hybridized carbons (Fsp3) is 0.429. The molecule has 0 atom stereocenters. The maximum Gasteiger partial charge on any atom is 0.178 e. The standard InChI is InChI=1S/C14H18N6S/c1-4-11-9(2)21-14(16-11)7-8-15-12-5-6-13-18-17-10(3)20(13)19-12/h5-6H,4,7-8H2,1-3H3,(H,15,19). The van der Waals surface area contributed by atoms with Crippen molar-refractivity contribution in [3.05, 3.63) is 33.5 Å². The van der Waals surface area contributed by atoms with Gasteiger partial charge in [-0.3, -0.25) is 0 Å². The highest BCUT2D eigenvalue weighted by Gasteiger charge is 2.06. The molecule has 0 aliphatic rings. The largest absolute Gasteiger partial charge is 0.368 e. The molecular formula is C14H18N6S. The molecule has 3 heterocycles. The third kappa shape index (κ3) is 2.87. The van der Waals surface area contributed by atoms with E-state index < -0.39 is 0 Å². The molecular weight excluding hydrogens is 284 g/mol. The topological polar surface area (TPSA) is 68.0 Å². The summed E-state index contributed by atoms with van der Waals surface area (Å²) in [6.45, 7) is 6.99. The van der Waals surface area contributed by atoms with Crippen molar-refractivity contribution in [1.82, 2.24) is 24.8 Å². The molecule has 0 amide bonds. The predicted molar refractivity (Wildman–Crippen MR) is 83.9 cm³/mol. The molecule has 0 aliphatic carbocycles. The van der Waals surface area contributed by atoms with Crippen LogP contribution in [0.25, 0.3) is 5.65 Å². The molecule has 0 spiro atoms. The predicted octanol–water partition coefficient (Wildman–Crippen LogP) is 2.41. The summed E-state index contributed by atoms with van der Waals surface area (Å²) in [6, 6.07) is 3.84. The number of aryl methyl sites for hydroxylation is 3. The van der Waals surface area contributed by atoms with E-state index in [9.17, 15) is 0 Å². The SMILES string of the molecule is CCc1nc(CCNc2ccc3nnc(C)n3n2)sc1C. The van der Waals surface area contributed by atoms with E-state index in [1.807, 2.05) is 19.1 Å². The van der Waals surface area contributed by atoms with Gasteiger partial charge in [0.05, 0.1) is 10.7 Å². The maximum absolute atomic E-state index is 4.65. The molecule has 3 aromatic rings. The Balaban J connectivity index is 1.64. The molecule has 0 aliphatic heterocycles. The normalized spacial score (nSPS) is 11.2. The molecule has 110 valence electrons. The lowest BCUT2D eigenvalue weighted by atomic mass is 10.3. The Labute approximate surface area is 127 Å². The van der Waals surface area contributed by atoms with Gasteiger partial charge in [0, 0.05) is 17.8 Å². The molecule has 0 bridgehead atoms. The first-order chi connectivity index (χ1) is 10.2. The molecule has 3 rings (SSSR count). The van der Waals surface area contributed by atoms with Gasteiger partial charge in [-0.25, -0.2) is 4.98 Å². The second kappa shape index (κ2) is 5.77. The number of anilines is 1. The number of hydrogen-bond acceptors (Lipinski definition) is 6. The molecule has 6 nitrogen and oxygen atoms in total. The lowest BCUT2D eigenvalue weighted by Gasteiger charge is -2.04. The third-order valence-corrected chi connectivity index (χ3v) is 4.41. The number of thiazole rings is 1. The summed E-state index contributed by atoms with van der Waals surface area (Å²) in [5.41, 5.74) is 1.98. The molecule has 0 fully saturated rings. The van der Waals surface area contributed by atoms with E-state index in [4.69, 9.17) is 0 Å². The Bertz CT molecular complexity index is 760. The van der Waals surface area contributed by atoms with E-state index in [0.717, 1.165) is 36.7 Å². The van der Waals surface area contributed by atoms with Crippen LogP contribution in [0.2, 0.25) is 0 Å². The monoisotopic (exact) mass is 302 g/mol. The van der Waals surface area contributed by atoms with Crippen molar-refractivity contribution in [2.75, 3.05) is 11.9 Å². The van der Waals surface area contributed by atoms with Crippen LogP contribution in [0.1, 0.15) is 28.3 Å². The van der Waals surface area contributed by atoms with Crippen molar-refractivity contribution in [1.29, 1.82) is 0 Å². The van der Waals surface area contributed by atoms with Crippen LogP contribution in [0.15, 0.2) is 12.1 Å². The van der Waals surface area contributed by atoms with Crippen LogP contribution in [0.3, 0.4) is 0 Å². The van der Waals surface area contributed by atoms with Crippen molar-refractivity contribution in [3.8, 4) is 0 Å². The third-order valence-electron chi connectivity index (χ3n) is 3.34. The lowest BCUT2D eigenvalue weighted by molar-refractivity contribution is 0.865. The summed E-state index contributed by atoms with van der Waals surface area (Å²) in [5, 5.41) is 17.0. The molecule has 21 heavy (non-hydrogen) atoms. The van der Waals surface area contributed by atoms with Gasteiger partial charge in [-0.1, -0.05) is 6.92 Å². The van der Waals surface area contributed by atoms with Gasteiger partial charge < -0.3 is 5.32 Å². The van der Waals surface area contributed by atoms with Crippen molar-refractivity contribution in [3.63, 3.8) is 0 Å². The van der Waals surface area contributed by atoms with Gasteiger partial charge >= 0.3 is 0 Å². The minimum Gasteiger partial charge on any atom is -0.368 e. The Morgan fingerprint density at radius 1 is 1.24 bits per heavy atom. The summed E-state index contributed by atoms with van der Waals surface area (Å²) < 4.78 is 1.74. The molecule has 0 radical (unpaired) electrons. The van der Waals surface area contributed by atoms with Crippen LogP contribution in [0.5, 0.6) is 0 Å². The summed E-state index contributed by atoms with van der Waals surface area (Å²) in [4.78, 5) is 5.97. The van der Waals surface area contributed by atoms with Gasteiger partial charge in [-0.2, -0.15) is 4.52 Å². The Kier molecular flexibility index (Phi) is 3.83. The maximum atomic E-state index is 4.65.